The Morgan fingerprint density at radius 2 is 1.97 bits per heavy atom. The minimum absolute atomic E-state index is 0.0951. The number of benzene rings is 2. The number of carbonyl (C=O) groups is 1. The second-order valence-electron chi connectivity index (χ2n) is 7.63. The van der Waals surface area contributed by atoms with Gasteiger partial charge in [-0.25, -0.2) is 0 Å². The summed E-state index contributed by atoms with van der Waals surface area (Å²) in [5.41, 5.74) is 3.43. The zero-order chi connectivity index (χ0) is 24.0. The van der Waals surface area contributed by atoms with Crippen LogP contribution in [0.1, 0.15) is 23.0 Å². The average molecular weight is 471 g/mol. The number of hydrogen-bond donors (Lipinski definition) is 4. The van der Waals surface area contributed by atoms with E-state index in [1.54, 1.807) is 55.4 Å². The van der Waals surface area contributed by atoms with Gasteiger partial charge in [-0.05, 0) is 47.9 Å². The SMILES string of the molecule is COc1cc(NC(=O)c2cc(-c3ccc(Cl)cc3)c[nH]2)c(CN(C)C=N)cc1OCC(C)O. The van der Waals surface area contributed by atoms with Crippen LogP contribution >= 0.6 is 11.6 Å². The summed E-state index contributed by atoms with van der Waals surface area (Å²) < 4.78 is 11.1. The van der Waals surface area contributed by atoms with Crippen LogP contribution in [0.4, 0.5) is 5.69 Å². The lowest BCUT2D eigenvalue weighted by Crippen LogP contribution is -2.19. The van der Waals surface area contributed by atoms with Gasteiger partial charge in [-0.3, -0.25) is 10.2 Å². The second-order valence-corrected chi connectivity index (χ2v) is 8.06. The highest BCUT2D eigenvalue weighted by Crippen LogP contribution is 2.34. The van der Waals surface area contributed by atoms with E-state index >= 15 is 0 Å². The minimum atomic E-state index is -0.649. The second kappa shape index (κ2) is 10.9. The Hall–Kier alpha value is -3.49. The van der Waals surface area contributed by atoms with Crippen molar-refractivity contribution in [2.75, 3.05) is 26.1 Å². The van der Waals surface area contributed by atoms with Gasteiger partial charge >= 0.3 is 0 Å². The first-order chi connectivity index (χ1) is 15.8. The van der Waals surface area contributed by atoms with Gasteiger partial charge in [0.25, 0.3) is 5.91 Å². The van der Waals surface area contributed by atoms with Crippen LogP contribution in [0.15, 0.2) is 48.7 Å². The third-order valence-corrected chi connectivity index (χ3v) is 5.12. The molecule has 9 heteroatoms. The molecule has 0 saturated carbocycles. The molecule has 0 fully saturated rings. The molecule has 0 spiro atoms. The van der Waals surface area contributed by atoms with E-state index in [1.165, 1.54) is 13.4 Å². The molecule has 3 aromatic rings. The molecule has 1 heterocycles. The third-order valence-electron chi connectivity index (χ3n) is 4.86. The van der Waals surface area contributed by atoms with E-state index in [4.69, 9.17) is 26.5 Å². The van der Waals surface area contributed by atoms with Gasteiger partial charge in [0.1, 0.15) is 12.3 Å². The lowest BCUT2D eigenvalue weighted by Gasteiger charge is -2.20. The Morgan fingerprint density at radius 3 is 2.61 bits per heavy atom. The van der Waals surface area contributed by atoms with Crippen molar-refractivity contribution < 1.29 is 19.4 Å². The number of carbonyl (C=O) groups excluding carboxylic acids is 1. The maximum absolute atomic E-state index is 13.0. The molecule has 33 heavy (non-hydrogen) atoms. The number of hydrogen-bond acceptors (Lipinski definition) is 5. The monoisotopic (exact) mass is 470 g/mol. The van der Waals surface area contributed by atoms with Crippen molar-refractivity contribution in [3.63, 3.8) is 0 Å². The highest BCUT2D eigenvalue weighted by molar-refractivity contribution is 6.30. The van der Waals surface area contributed by atoms with Crippen molar-refractivity contribution in [2.24, 2.45) is 0 Å². The molecule has 0 aliphatic heterocycles. The van der Waals surface area contributed by atoms with E-state index in [0.717, 1.165) is 16.7 Å². The molecule has 0 aliphatic carbocycles. The lowest BCUT2D eigenvalue weighted by molar-refractivity contribution is 0.102. The largest absolute Gasteiger partial charge is 0.493 e. The number of aliphatic hydroxyl groups excluding tert-OH is 1. The van der Waals surface area contributed by atoms with Crippen molar-refractivity contribution in [1.82, 2.24) is 9.88 Å². The summed E-state index contributed by atoms with van der Waals surface area (Å²) in [5, 5.41) is 20.6. The average Bonchev–Trinajstić information content (AvgIpc) is 3.29. The summed E-state index contributed by atoms with van der Waals surface area (Å²) in [6.45, 7) is 2.08. The van der Waals surface area contributed by atoms with Gasteiger partial charge < -0.3 is 29.8 Å². The fraction of sp³-hybridized carbons (Fsp3) is 0.250. The summed E-state index contributed by atoms with van der Waals surface area (Å²) >= 11 is 5.96. The van der Waals surface area contributed by atoms with Crippen LogP contribution < -0.4 is 14.8 Å². The molecule has 0 radical (unpaired) electrons. The minimum Gasteiger partial charge on any atom is -0.493 e. The predicted octanol–water partition coefficient (Wildman–Crippen LogP) is 4.39. The molecule has 0 saturated heterocycles. The first-order valence-electron chi connectivity index (χ1n) is 10.3. The molecule has 4 N–H and O–H groups in total. The number of anilines is 1. The molecule has 1 unspecified atom stereocenters. The summed E-state index contributed by atoms with van der Waals surface area (Å²) in [5.74, 6) is 0.531. The first kappa shape index (κ1) is 24.2. The Kier molecular flexibility index (Phi) is 7.97. The van der Waals surface area contributed by atoms with E-state index < -0.39 is 6.10 Å². The molecular weight excluding hydrogens is 444 g/mol. The third kappa shape index (κ3) is 6.27. The molecular formula is C24H27ClN4O4. The van der Waals surface area contributed by atoms with Crippen molar-refractivity contribution >= 4 is 29.5 Å². The molecule has 0 aliphatic rings. The van der Waals surface area contributed by atoms with Crippen LogP contribution in [0.3, 0.4) is 0 Å². The van der Waals surface area contributed by atoms with Crippen molar-refractivity contribution in [2.45, 2.75) is 19.6 Å². The Labute approximate surface area is 197 Å². The summed E-state index contributed by atoms with van der Waals surface area (Å²) in [4.78, 5) is 17.7. The van der Waals surface area contributed by atoms with Crippen molar-refractivity contribution in [1.29, 1.82) is 5.41 Å². The number of rotatable bonds is 10. The predicted molar refractivity (Wildman–Crippen MR) is 130 cm³/mol. The topological polar surface area (TPSA) is 111 Å². The number of aromatic amines is 1. The molecule has 1 atom stereocenters. The fourth-order valence-corrected chi connectivity index (χ4v) is 3.30. The highest BCUT2D eigenvalue weighted by Gasteiger charge is 2.17. The van der Waals surface area contributed by atoms with Crippen LogP contribution in [0, 0.1) is 5.41 Å². The highest BCUT2D eigenvalue weighted by atomic mass is 35.5. The van der Waals surface area contributed by atoms with Gasteiger partial charge in [-0.1, -0.05) is 23.7 Å². The van der Waals surface area contributed by atoms with Gasteiger partial charge in [0.15, 0.2) is 11.5 Å². The normalized spacial score (nSPS) is 11.5. The standard InChI is InChI=1S/C24H27ClN4O4/c1-15(30)13-33-23-9-18(12-29(2)14-26)20(10-22(23)32-3)28-24(31)21-8-17(11-27-21)16-4-6-19(25)7-5-16/h4-11,14-15,26-27,30H,12-13H2,1-3H3,(H,28,31). The zero-order valence-electron chi connectivity index (χ0n) is 18.7. The van der Waals surface area contributed by atoms with Crippen molar-refractivity contribution in [3.8, 4) is 22.6 Å². The van der Waals surface area contributed by atoms with Crippen molar-refractivity contribution in [3.05, 3.63) is 64.9 Å². The molecule has 174 valence electrons. The van der Waals surface area contributed by atoms with Crippen LogP contribution in [0.25, 0.3) is 11.1 Å². The van der Waals surface area contributed by atoms with E-state index in [-0.39, 0.29) is 12.5 Å². The van der Waals surface area contributed by atoms with Crippen LogP contribution in [-0.2, 0) is 6.54 Å². The van der Waals surface area contributed by atoms with Gasteiger partial charge in [-0.2, -0.15) is 0 Å². The Morgan fingerprint density at radius 1 is 1.24 bits per heavy atom. The molecule has 3 rings (SSSR count). The van der Waals surface area contributed by atoms with Gasteiger partial charge in [-0.15, -0.1) is 0 Å². The number of ether oxygens (including phenoxy) is 2. The number of aliphatic hydroxyl groups is 1. The number of halogens is 1. The maximum Gasteiger partial charge on any atom is 0.272 e. The molecule has 1 aromatic heterocycles. The van der Waals surface area contributed by atoms with E-state index in [1.807, 2.05) is 12.1 Å². The van der Waals surface area contributed by atoms with Crippen LogP contribution in [-0.4, -0.2) is 54.1 Å². The number of H-pyrrole nitrogens is 1. The number of methoxy groups -OCH3 is 1. The smallest absolute Gasteiger partial charge is 0.272 e. The maximum atomic E-state index is 13.0. The molecule has 2 aromatic carbocycles. The number of amides is 1. The van der Waals surface area contributed by atoms with E-state index in [2.05, 4.69) is 10.3 Å². The van der Waals surface area contributed by atoms with E-state index in [9.17, 15) is 9.90 Å². The summed E-state index contributed by atoms with van der Waals surface area (Å²) in [7, 11) is 3.26. The quantitative estimate of drug-likeness (QED) is 0.259. The number of aromatic nitrogens is 1. The fourth-order valence-electron chi connectivity index (χ4n) is 3.17. The molecule has 8 nitrogen and oxygen atoms in total. The summed E-state index contributed by atoms with van der Waals surface area (Å²) in [6, 6.07) is 12.5. The van der Waals surface area contributed by atoms with Gasteiger partial charge in [0.2, 0.25) is 0 Å². The van der Waals surface area contributed by atoms with E-state index in [0.29, 0.717) is 34.4 Å². The summed E-state index contributed by atoms with van der Waals surface area (Å²) in [6.07, 6.45) is 2.30. The number of nitrogens with one attached hydrogen (secondary N) is 3. The first-order valence-corrected chi connectivity index (χ1v) is 10.7. The Bertz CT molecular complexity index is 1110. The Balaban J connectivity index is 1.88. The molecule has 1 amide bonds. The van der Waals surface area contributed by atoms with Crippen LogP contribution in [0.2, 0.25) is 5.02 Å². The number of nitrogens with zero attached hydrogens (tertiary/aromatic N) is 1. The lowest BCUT2D eigenvalue weighted by atomic mass is 10.1. The zero-order valence-corrected chi connectivity index (χ0v) is 19.4. The van der Waals surface area contributed by atoms with Crippen LogP contribution in [0.5, 0.6) is 11.5 Å². The van der Waals surface area contributed by atoms with Gasteiger partial charge in [0.05, 0.1) is 25.2 Å². The van der Waals surface area contributed by atoms with Gasteiger partial charge in [0, 0.05) is 30.9 Å². The molecule has 0 bridgehead atoms.